The van der Waals surface area contributed by atoms with Gasteiger partial charge in [0.15, 0.2) is 0 Å². The molecule has 1 saturated carbocycles. The summed E-state index contributed by atoms with van der Waals surface area (Å²) in [6.45, 7) is 4.92. The SMILES string of the molecule is CC[C@@H]1CCNCC12CC2. The van der Waals surface area contributed by atoms with Gasteiger partial charge < -0.3 is 5.32 Å². The standard InChI is InChI=1S/C9H17N/c1-2-8-3-6-10-7-9(8)4-5-9/h8,10H,2-7H2,1H3/t8-/m1/s1. The van der Waals surface area contributed by atoms with Crippen molar-refractivity contribution < 1.29 is 0 Å². The molecular formula is C9H17N. The molecule has 2 aliphatic rings. The summed E-state index contributed by atoms with van der Waals surface area (Å²) in [6, 6.07) is 0. The molecular weight excluding hydrogens is 122 g/mol. The summed E-state index contributed by atoms with van der Waals surface area (Å²) in [5, 5.41) is 3.50. The fourth-order valence-electron chi connectivity index (χ4n) is 2.45. The maximum atomic E-state index is 3.50. The maximum absolute atomic E-state index is 3.50. The molecule has 1 atom stereocenters. The second-order valence-electron chi connectivity index (χ2n) is 3.93. The van der Waals surface area contributed by atoms with Crippen molar-refractivity contribution in [3.05, 3.63) is 0 Å². The number of hydrogen-bond acceptors (Lipinski definition) is 1. The van der Waals surface area contributed by atoms with Crippen molar-refractivity contribution in [2.45, 2.75) is 32.6 Å². The number of hydrogen-bond donors (Lipinski definition) is 1. The summed E-state index contributed by atoms with van der Waals surface area (Å²) in [7, 11) is 0. The van der Waals surface area contributed by atoms with Gasteiger partial charge in [-0.05, 0) is 37.1 Å². The molecule has 0 bridgehead atoms. The smallest absolute Gasteiger partial charge is 0.00105 e. The van der Waals surface area contributed by atoms with Gasteiger partial charge >= 0.3 is 0 Å². The number of piperidine rings is 1. The van der Waals surface area contributed by atoms with Gasteiger partial charge in [0, 0.05) is 6.54 Å². The van der Waals surface area contributed by atoms with E-state index in [0.29, 0.717) is 0 Å². The predicted molar refractivity (Wildman–Crippen MR) is 42.9 cm³/mol. The lowest BCUT2D eigenvalue weighted by Crippen LogP contribution is -2.37. The van der Waals surface area contributed by atoms with Crippen LogP contribution in [0.4, 0.5) is 0 Å². The van der Waals surface area contributed by atoms with E-state index in [-0.39, 0.29) is 0 Å². The molecule has 1 heteroatoms. The Labute approximate surface area is 63.2 Å². The van der Waals surface area contributed by atoms with Gasteiger partial charge in [-0.25, -0.2) is 0 Å². The summed E-state index contributed by atoms with van der Waals surface area (Å²) in [4.78, 5) is 0. The third-order valence-corrected chi connectivity index (χ3v) is 3.40. The number of nitrogens with one attached hydrogen (secondary N) is 1. The van der Waals surface area contributed by atoms with Crippen molar-refractivity contribution in [2.24, 2.45) is 11.3 Å². The normalized spacial score (nSPS) is 36.3. The van der Waals surface area contributed by atoms with Crippen LogP contribution in [0.1, 0.15) is 32.6 Å². The quantitative estimate of drug-likeness (QED) is 0.584. The Morgan fingerprint density at radius 2 is 2.30 bits per heavy atom. The van der Waals surface area contributed by atoms with Crippen LogP contribution >= 0.6 is 0 Å². The van der Waals surface area contributed by atoms with Gasteiger partial charge in [-0.15, -0.1) is 0 Å². The molecule has 1 aliphatic heterocycles. The van der Waals surface area contributed by atoms with Gasteiger partial charge in [-0.2, -0.15) is 0 Å². The van der Waals surface area contributed by atoms with E-state index < -0.39 is 0 Å². The Bertz CT molecular complexity index is 127. The molecule has 1 aliphatic carbocycles. The Morgan fingerprint density at radius 3 is 2.80 bits per heavy atom. The van der Waals surface area contributed by atoms with Crippen LogP contribution < -0.4 is 5.32 Å². The highest BCUT2D eigenvalue weighted by Gasteiger charge is 2.48. The zero-order chi connectivity index (χ0) is 7.03. The molecule has 1 heterocycles. The minimum absolute atomic E-state index is 0.785. The van der Waals surface area contributed by atoms with Crippen LogP contribution in [0.3, 0.4) is 0 Å². The first-order chi connectivity index (χ1) is 4.87. The van der Waals surface area contributed by atoms with E-state index in [9.17, 15) is 0 Å². The molecule has 0 aromatic heterocycles. The Hall–Kier alpha value is -0.0400. The summed E-state index contributed by atoms with van der Waals surface area (Å²) in [6.07, 6.45) is 5.83. The predicted octanol–water partition coefficient (Wildman–Crippen LogP) is 1.79. The van der Waals surface area contributed by atoms with E-state index in [1.807, 2.05) is 0 Å². The topological polar surface area (TPSA) is 12.0 Å². The second kappa shape index (κ2) is 2.23. The molecule has 0 amide bonds. The average molecular weight is 139 g/mol. The Morgan fingerprint density at radius 1 is 1.50 bits per heavy atom. The van der Waals surface area contributed by atoms with Crippen molar-refractivity contribution in [1.82, 2.24) is 5.32 Å². The minimum Gasteiger partial charge on any atom is -0.316 e. The van der Waals surface area contributed by atoms with Crippen molar-refractivity contribution in [3.8, 4) is 0 Å². The lowest BCUT2D eigenvalue weighted by Gasteiger charge is -2.31. The maximum Gasteiger partial charge on any atom is 0.00105 e. The van der Waals surface area contributed by atoms with E-state index in [0.717, 1.165) is 11.3 Å². The first-order valence-electron chi connectivity index (χ1n) is 4.58. The minimum atomic E-state index is 0.785. The summed E-state index contributed by atoms with van der Waals surface area (Å²) >= 11 is 0. The van der Waals surface area contributed by atoms with Crippen molar-refractivity contribution in [3.63, 3.8) is 0 Å². The Balaban J connectivity index is 2.01. The fourth-order valence-corrected chi connectivity index (χ4v) is 2.45. The molecule has 0 unspecified atom stereocenters. The van der Waals surface area contributed by atoms with Crippen LogP contribution in [-0.4, -0.2) is 13.1 Å². The van der Waals surface area contributed by atoms with Gasteiger partial charge in [0.2, 0.25) is 0 Å². The van der Waals surface area contributed by atoms with Crippen LogP contribution in [-0.2, 0) is 0 Å². The monoisotopic (exact) mass is 139 g/mol. The first kappa shape index (κ1) is 6.66. The van der Waals surface area contributed by atoms with E-state index >= 15 is 0 Å². The van der Waals surface area contributed by atoms with Gasteiger partial charge in [0.05, 0.1) is 0 Å². The van der Waals surface area contributed by atoms with Crippen LogP contribution in [0, 0.1) is 11.3 Å². The van der Waals surface area contributed by atoms with Gasteiger partial charge in [0.25, 0.3) is 0 Å². The van der Waals surface area contributed by atoms with Crippen molar-refractivity contribution in [2.75, 3.05) is 13.1 Å². The van der Waals surface area contributed by atoms with Gasteiger partial charge in [0.1, 0.15) is 0 Å². The lowest BCUT2D eigenvalue weighted by atomic mass is 9.82. The van der Waals surface area contributed by atoms with Crippen LogP contribution in [0.25, 0.3) is 0 Å². The van der Waals surface area contributed by atoms with Gasteiger partial charge in [-0.1, -0.05) is 13.3 Å². The van der Waals surface area contributed by atoms with E-state index in [1.165, 1.54) is 38.8 Å². The highest BCUT2D eigenvalue weighted by atomic mass is 14.9. The molecule has 2 fully saturated rings. The van der Waals surface area contributed by atoms with E-state index in [1.54, 1.807) is 0 Å². The third kappa shape index (κ3) is 0.878. The van der Waals surface area contributed by atoms with Crippen LogP contribution in [0.2, 0.25) is 0 Å². The molecule has 58 valence electrons. The van der Waals surface area contributed by atoms with Crippen LogP contribution in [0.5, 0.6) is 0 Å². The Kier molecular flexibility index (Phi) is 1.48. The molecule has 1 spiro atoms. The second-order valence-corrected chi connectivity index (χ2v) is 3.93. The zero-order valence-corrected chi connectivity index (χ0v) is 6.82. The molecule has 1 nitrogen and oxygen atoms in total. The highest BCUT2D eigenvalue weighted by Crippen LogP contribution is 2.54. The lowest BCUT2D eigenvalue weighted by molar-refractivity contribution is 0.225. The highest BCUT2D eigenvalue weighted by molar-refractivity contribution is 5.01. The molecule has 0 radical (unpaired) electrons. The molecule has 1 saturated heterocycles. The van der Waals surface area contributed by atoms with Gasteiger partial charge in [-0.3, -0.25) is 0 Å². The summed E-state index contributed by atoms with van der Waals surface area (Å²) in [5.41, 5.74) is 0.785. The fraction of sp³-hybridized carbons (Fsp3) is 1.00. The third-order valence-electron chi connectivity index (χ3n) is 3.40. The summed E-state index contributed by atoms with van der Waals surface area (Å²) in [5.74, 6) is 1.05. The molecule has 0 aromatic rings. The van der Waals surface area contributed by atoms with Crippen molar-refractivity contribution in [1.29, 1.82) is 0 Å². The summed E-state index contributed by atoms with van der Waals surface area (Å²) < 4.78 is 0. The first-order valence-corrected chi connectivity index (χ1v) is 4.58. The zero-order valence-electron chi connectivity index (χ0n) is 6.82. The van der Waals surface area contributed by atoms with E-state index in [2.05, 4.69) is 12.2 Å². The van der Waals surface area contributed by atoms with E-state index in [4.69, 9.17) is 0 Å². The van der Waals surface area contributed by atoms with Crippen molar-refractivity contribution >= 4 is 0 Å². The number of rotatable bonds is 1. The average Bonchev–Trinajstić information content (AvgIpc) is 2.71. The molecule has 10 heavy (non-hydrogen) atoms. The molecule has 0 aromatic carbocycles. The molecule has 1 N–H and O–H groups in total. The van der Waals surface area contributed by atoms with Crippen LogP contribution in [0.15, 0.2) is 0 Å². The largest absolute Gasteiger partial charge is 0.316 e. The molecule has 2 rings (SSSR count).